The lowest BCUT2D eigenvalue weighted by molar-refractivity contribution is 0.0368. The maximum atomic E-state index is 14.9. The summed E-state index contributed by atoms with van der Waals surface area (Å²) in [7, 11) is 1.64. The highest BCUT2D eigenvalue weighted by Gasteiger charge is 2.26. The number of anilines is 1. The summed E-state index contributed by atoms with van der Waals surface area (Å²) in [5, 5.41) is 0.535. The van der Waals surface area contributed by atoms with Crippen LogP contribution in [0.4, 0.5) is 10.2 Å². The Kier molecular flexibility index (Phi) is 5.55. The van der Waals surface area contributed by atoms with Gasteiger partial charge in [-0.2, -0.15) is 0 Å². The van der Waals surface area contributed by atoms with Gasteiger partial charge < -0.3 is 9.64 Å². The number of morpholine rings is 1. The van der Waals surface area contributed by atoms with Crippen LogP contribution in [0, 0.1) is 12.7 Å². The molecule has 7 nitrogen and oxygen atoms in total. The molecule has 4 aromatic rings. The molecule has 4 heterocycles. The van der Waals surface area contributed by atoms with Crippen LogP contribution in [-0.2, 0) is 11.8 Å². The number of nitrogens with zero attached hydrogens (tertiary/aromatic N) is 5. The average Bonchev–Trinajstić information content (AvgIpc) is 2.82. The first-order valence-corrected chi connectivity index (χ1v) is 10.9. The molecule has 0 amide bonds. The van der Waals surface area contributed by atoms with Gasteiger partial charge in [0, 0.05) is 36.4 Å². The lowest BCUT2D eigenvalue weighted by Gasteiger charge is -2.33. The molecule has 1 fully saturated rings. The van der Waals surface area contributed by atoms with Crippen molar-refractivity contribution in [3.05, 3.63) is 81.4 Å². The fraction of sp³-hybridized carbons (Fsp3) is 0.250. The van der Waals surface area contributed by atoms with Crippen molar-refractivity contribution in [3.63, 3.8) is 0 Å². The van der Waals surface area contributed by atoms with E-state index in [0.29, 0.717) is 36.9 Å². The van der Waals surface area contributed by atoms with Gasteiger partial charge in [-0.3, -0.25) is 14.3 Å². The van der Waals surface area contributed by atoms with Gasteiger partial charge in [-0.15, -0.1) is 0 Å². The van der Waals surface area contributed by atoms with E-state index in [-0.39, 0.29) is 33.3 Å². The van der Waals surface area contributed by atoms with Crippen LogP contribution < -0.4 is 10.5 Å². The van der Waals surface area contributed by atoms with E-state index in [9.17, 15) is 9.18 Å². The second-order valence-electron chi connectivity index (χ2n) is 7.93. The molecule has 168 valence electrons. The number of hydrogen-bond acceptors (Lipinski definition) is 6. The Morgan fingerprint density at radius 1 is 1.18 bits per heavy atom. The molecule has 0 radical (unpaired) electrons. The van der Waals surface area contributed by atoms with Crippen molar-refractivity contribution in [2.24, 2.45) is 7.05 Å². The molecule has 0 spiro atoms. The number of aryl methyl sites for hydroxylation is 1. The quantitative estimate of drug-likeness (QED) is 0.454. The zero-order valence-electron chi connectivity index (χ0n) is 18.1. The van der Waals surface area contributed by atoms with E-state index in [4.69, 9.17) is 21.3 Å². The van der Waals surface area contributed by atoms with Crippen molar-refractivity contribution < 1.29 is 9.13 Å². The molecule has 1 saturated heterocycles. The first kappa shape index (κ1) is 21.5. The summed E-state index contributed by atoms with van der Waals surface area (Å²) in [6, 6.07) is 11.8. The van der Waals surface area contributed by atoms with Crippen LogP contribution in [0.25, 0.3) is 22.2 Å². The van der Waals surface area contributed by atoms with Crippen molar-refractivity contribution in [1.29, 1.82) is 0 Å². The summed E-state index contributed by atoms with van der Waals surface area (Å²) in [4.78, 5) is 29.0. The average molecular weight is 466 g/mol. The molecule has 1 aliphatic rings. The molecular formula is C24H21ClFN5O2. The van der Waals surface area contributed by atoms with Crippen LogP contribution in [-0.4, -0.2) is 39.2 Å². The van der Waals surface area contributed by atoms with E-state index in [1.54, 1.807) is 38.4 Å². The molecule has 1 atom stereocenters. The fourth-order valence-corrected chi connectivity index (χ4v) is 4.18. The Hall–Kier alpha value is -3.36. The SMILES string of the molecule is Cc1nc2cc(N3CCO[C@@H](c4ccccn4)C3)nc(-c3ccc(Cl)cc3F)c2c(=O)n1C. The molecule has 9 heteroatoms. The number of halogens is 2. The number of benzene rings is 1. The maximum absolute atomic E-state index is 14.9. The normalized spacial score (nSPS) is 16.4. The van der Waals surface area contributed by atoms with Gasteiger partial charge in [-0.1, -0.05) is 17.7 Å². The van der Waals surface area contributed by atoms with Crippen LogP contribution in [0.1, 0.15) is 17.6 Å². The first-order valence-electron chi connectivity index (χ1n) is 10.5. The smallest absolute Gasteiger partial charge is 0.263 e. The van der Waals surface area contributed by atoms with Crippen LogP contribution >= 0.6 is 11.6 Å². The van der Waals surface area contributed by atoms with Crippen molar-refractivity contribution in [2.45, 2.75) is 13.0 Å². The molecule has 0 bridgehead atoms. The third kappa shape index (κ3) is 3.96. The van der Waals surface area contributed by atoms with Gasteiger partial charge in [0.2, 0.25) is 0 Å². The van der Waals surface area contributed by atoms with Gasteiger partial charge in [0.1, 0.15) is 23.6 Å². The summed E-state index contributed by atoms with van der Waals surface area (Å²) in [6.07, 6.45) is 1.50. The summed E-state index contributed by atoms with van der Waals surface area (Å²) in [5.74, 6) is 0.598. The Morgan fingerprint density at radius 2 is 2.03 bits per heavy atom. The predicted octanol–water partition coefficient (Wildman–Crippen LogP) is 4.07. The van der Waals surface area contributed by atoms with E-state index < -0.39 is 5.82 Å². The second kappa shape index (κ2) is 8.53. The van der Waals surface area contributed by atoms with E-state index in [0.717, 1.165) is 5.69 Å². The highest BCUT2D eigenvalue weighted by Crippen LogP contribution is 2.32. The lowest BCUT2D eigenvalue weighted by Crippen LogP contribution is -2.39. The Balaban J connectivity index is 1.67. The van der Waals surface area contributed by atoms with Crippen LogP contribution in [0.3, 0.4) is 0 Å². The molecule has 1 aliphatic heterocycles. The van der Waals surface area contributed by atoms with Crippen molar-refractivity contribution in [2.75, 3.05) is 24.6 Å². The minimum atomic E-state index is -0.551. The maximum Gasteiger partial charge on any atom is 0.263 e. The molecule has 1 aromatic carbocycles. The highest BCUT2D eigenvalue weighted by molar-refractivity contribution is 6.30. The van der Waals surface area contributed by atoms with Gasteiger partial charge in [-0.25, -0.2) is 14.4 Å². The number of pyridine rings is 2. The largest absolute Gasteiger partial charge is 0.368 e. The summed E-state index contributed by atoms with van der Waals surface area (Å²) in [6.45, 7) is 3.35. The number of aromatic nitrogens is 4. The second-order valence-corrected chi connectivity index (χ2v) is 8.37. The molecule has 0 unspecified atom stereocenters. The number of hydrogen-bond donors (Lipinski definition) is 0. The molecule has 5 rings (SSSR count). The topological polar surface area (TPSA) is 73.1 Å². The third-order valence-corrected chi connectivity index (χ3v) is 6.10. The van der Waals surface area contributed by atoms with E-state index >= 15 is 0 Å². The molecular weight excluding hydrogens is 445 g/mol. The number of ether oxygens (including phenoxy) is 1. The van der Waals surface area contributed by atoms with E-state index in [1.165, 1.54) is 10.6 Å². The van der Waals surface area contributed by atoms with E-state index in [2.05, 4.69) is 9.97 Å². The van der Waals surface area contributed by atoms with Crippen LogP contribution in [0.5, 0.6) is 0 Å². The van der Waals surface area contributed by atoms with Crippen LogP contribution in [0.15, 0.2) is 53.5 Å². The summed E-state index contributed by atoms with van der Waals surface area (Å²) >= 11 is 5.96. The van der Waals surface area contributed by atoms with Gasteiger partial charge >= 0.3 is 0 Å². The predicted molar refractivity (Wildman–Crippen MR) is 125 cm³/mol. The molecule has 0 saturated carbocycles. The summed E-state index contributed by atoms with van der Waals surface area (Å²) in [5.41, 5.74) is 1.45. The lowest BCUT2D eigenvalue weighted by atomic mass is 10.1. The van der Waals surface area contributed by atoms with Gasteiger partial charge in [0.15, 0.2) is 0 Å². The highest BCUT2D eigenvalue weighted by atomic mass is 35.5. The molecule has 0 N–H and O–H groups in total. The van der Waals surface area contributed by atoms with E-state index in [1.807, 2.05) is 23.1 Å². The monoisotopic (exact) mass is 465 g/mol. The molecule has 33 heavy (non-hydrogen) atoms. The third-order valence-electron chi connectivity index (χ3n) is 5.87. The Labute approximate surface area is 194 Å². The van der Waals surface area contributed by atoms with Gasteiger partial charge in [0.25, 0.3) is 5.56 Å². The zero-order chi connectivity index (χ0) is 23.1. The minimum absolute atomic E-state index is 0.198. The van der Waals surface area contributed by atoms with Gasteiger partial charge in [0.05, 0.1) is 35.4 Å². The van der Waals surface area contributed by atoms with Crippen molar-refractivity contribution >= 4 is 28.3 Å². The molecule has 3 aromatic heterocycles. The van der Waals surface area contributed by atoms with Crippen molar-refractivity contribution in [1.82, 2.24) is 19.5 Å². The number of fused-ring (bicyclic) bond motifs is 1. The van der Waals surface area contributed by atoms with Crippen LogP contribution in [0.2, 0.25) is 5.02 Å². The summed E-state index contributed by atoms with van der Waals surface area (Å²) < 4.78 is 22.3. The van der Waals surface area contributed by atoms with Gasteiger partial charge in [-0.05, 0) is 37.3 Å². The number of rotatable bonds is 3. The standard InChI is InChI=1S/C24H21ClFN5O2/c1-14-28-19-12-21(31-9-10-33-20(13-31)18-5-3-4-8-27-18)29-23(22(19)24(32)30(14)2)16-7-6-15(25)11-17(16)26/h3-8,11-12,20H,9-10,13H2,1-2H3/t20-/m1/s1. The zero-order valence-corrected chi connectivity index (χ0v) is 18.9. The Bertz CT molecular complexity index is 1410. The molecule has 0 aliphatic carbocycles. The Morgan fingerprint density at radius 3 is 2.79 bits per heavy atom. The first-order chi connectivity index (χ1) is 15.9. The van der Waals surface area contributed by atoms with Crippen molar-refractivity contribution in [3.8, 4) is 11.3 Å². The minimum Gasteiger partial charge on any atom is -0.368 e. The fourth-order valence-electron chi connectivity index (χ4n) is 4.02.